The zero-order chi connectivity index (χ0) is 22.6. The number of carbonyl (C=O) groups is 2. The van der Waals surface area contributed by atoms with Crippen molar-refractivity contribution in [1.29, 1.82) is 0 Å². The molecular formula is C21H20F3N5O2. The van der Waals surface area contributed by atoms with E-state index in [9.17, 15) is 22.8 Å². The number of hydrogen-bond acceptors (Lipinski definition) is 4. The molecule has 10 heteroatoms. The van der Waals surface area contributed by atoms with Crippen LogP contribution in [0, 0.1) is 5.92 Å². The third-order valence-electron chi connectivity index (χ3n) is 4.20. The molecule has 0 bridgehead atoms. The number of hydrogen-bond donors (Lipinski definition) is 2. The molecular weight excluding hydrogens is 411 g/mol. The number of rotatable bonds is 6. The highest BCUT2D eigenvalue weighted by atomic mass is 19.4. The number of para-hydroxylation sites is 1. The summed E-state index contributed by atoms with van der Waals surface area (Å²) >= 11 is 0. The van der Waals surface area contributed by atoms with E-state index in [0.717, 1.165) is 16.9 Å². The fraction of sp³-hybridized carbons (Fsp3) is 0.238. The molecule has 31 heavy (non-hydrogen) atoms. The van der Waals surface area contributed by atoms with Crippen LogP contribution in [0.25, 0.3) is 5.69 Å². The van der Waals surface area contributed by atoms with Crippen LogP contribution >= 0.6 is 0 Å². The second kappa shape index (κ2) is 8.99. The monoisotopic (exact) mass is 431 g/mol. The van der Waals surface area contributed by atoms with Gasteiger partial charge in [-0.15, -0.1) is 5.10 Å². The summed E-state index contributed by atoms with van der Waals surface area (Å²) in [6.07, 6.45) is -3.05. The largest absolute Gasteiger partial charge is 0.418 e. The van der Waals surface area contributed by atoms with Gasteiger partial charge in [0.05, 0.1) is 17.4 Å². The van der Waals surface area contributed by atoms with Gasteiger partial charge in [-0.2, -0.15) is 13.2 Å². The first kappa shape index (κ1) is 22.0. The molecule has 0 atom stereocenters. The van der Waals surface area contributed by atoms with Crippen molar-refractivity contribution in [2.75, 3.05) is 10.6 Å². The Balaban J connectivity index is 1.69. The van der Waals surface area contributed by atoms with Crippen molar-refractivity contribution in [3.8, 4) is 5.69 Å². The average Bonchev–Trinajstić information content (AvgIpc) is 3.18. The van der Waals surface area contributed by atoms with Crippen LogP contribution in [-0.2, 0) is 11.0 Å². The number of nitrogens with zero attached hydrogens (tertiary/aromatic N) is 3. The summed E-state index contributed by atoms with van der Waals surface area (Å²) in [6, 6.07) is 11.3. The molecule has 0 fully saturated rings. The molecule has 2 amide bonds. The number of aromatic nitrogens is 3. The summed E-state index contributed by atoms with van der Waals surface area (Å²) in [5, 5.41) is 12.7. The van der Waals surface area contributed by atoms with Gasteiger partial charge in [0.15, 0.2) is 5.69 Å². The van der Waals surface area contributed by atoms with Gasteiger partial charge in [-0.1, -0.05) is 31.2 Å². The van der Waals surface area contributed by atoms with Crippen LogP contribution in [-0.4, -0.2) is 26.8 Å². The molecule has 2 N–H and O–H groups in total. The Morgan fingerprint density at radius 3 is 2.23 bits per heavy atom. The Kier molecular flexibility index (Phi) is 6.38. The topological polar surface area (TPSA) is 88.9 Å². The summed E-state index contributed by atoms with van der Waals surface area (Å²) in [4.78, 5) is 24.2. The molecule has 3 aromatic rings. The van der Waals surface area contributed by atoms with Crippen LogP contribution in [0.2, 0.25) is 0 Å². The van der Waals surface area contributed by atoms with Crippen LogP contribution in [0.5, 0.6) is 0 Å². The van der Waals surface area contributed by atoms with Crippen LogP contribution < -0.4 is 10.6 Å². The number of amides is 2. The van der Waals surface area contributed by atoms with Crippen LogP contribution in [0.1, 0.15) is 36.3 Å². The molecule has 7 nitrogen and oxygen atoms in total. The zero-order valence-electron chi connectivity index (χ0n) is 16.8. The fourth-order valence-electron chi connectivity index (χ4n) is 2.81. The maximum Gasteiger partial charge on any atom is 0.418 e. The van der Waals surface area contributed by atoms with E-state index in [1.54, 1.807) is 24.3 Å². The lowest BCUT2D eigenvalue weighted by Crippen LogP contribution is -2.14. The van der Waals surface area contributed by atoms with E-state index in [2.05, 4.69) is 20.9 Å². The van der Waals surface area contributed by atoms with Gasteiger partial charge in [0.1, 0.15) is 0 Å². The molecule has 0 aliphatic rings. The highest BCUT2D eigenvalue weighted by molar-refractivity contribution is 6.02. The Morgan fingerprint density at radius 2 is 1.61 bits per heavy atom. The number of nitrogens with one attached hydrogen (secondary N) is 2. The van der Waals surface area contributed by atoms with Crippen LogP contribution in [0.3, 0.4) is 0 Å². The summed E-state index contributed by atoms with van der Waals surface area (Å²) in [5.74, 6) is -0.509. The van der Waals surface area contributed by atoms with Gasteiger partial charge in [0.2, 0.25) is 5.91 Å². The summed E-state index contributed by atoms with van der Waals surface area (Å²) in [7, 11) is 0. The molecule has 0 spiro atoms. The summed E-state index contributed by atoms with van der Waals surface area (Å²) < 4.78 is 40.5. The number of alkyl halides is 3. The minimum Gasteiger partial charge on any atom is -0.326 e. The van der Waals surface area contributed by atoms with Crippen molar-refractivity contribution in [2.24, 2.45) is 5.92 Å². The molecule has 1 aromatic heterocycles. The van der Waals surface area contributed by atoms with Crippen molar-refractivity contribution in [3.05, 3.63) is 66.0 Å². The normalized spacial score (nSPS) is 11.4. The number of anilines is 2. The van der Waals surface area contributed by atoms with Crippen LogP contribution in [0.4, 0.5) is 24.5 Å². The molecule has 0 saturated carbocycles. The average molecular weight is 431 g/mol. The third kappa shape index (κ3) is 5.68. The number of carbonyl (C=O) groups excluding carboxylic acids is 2. The number of benzene rings is 2. The minimum absolute atomic E-state index is 0.109. The molecule has 3 rings (SSSR count). The maximum atomic E-state index is 13.2. The third-order valence-corrected chi connectivity index (χ3v) is 4.20. The number of halogens is 3. The van der Waals surface area contributed by atoms with Crippen molar-refractivity contribution in [2.45, 2.75) is 26.4 Å². The lowest BCUT2D eigenvalue weighted by molar-refractivity contribution is -0.137. The van der Waals surface area contributed by atoms with Gasteiger partial charge >= 0.3 is 6.18 Å². The zero-order valence-corrected chi connectivity index (χ0v) is 16.8. The Labute approximate surface area is 176 Å². The van der Waals surface area contributed by atoms with Gasteiger partial charge in [-0.05, 0) is 42.3 Å². The predicted molar refractivity (Wildman–Crippen MR) is 109 cm³/mol. The van der Waals surface area contributed by atoms with Gasteiger partial charge < -0.3 is 10.6 Å². The fourth-order valence-corrected chi connectivity index (χ4v) is 2.81. The van der Waals surface area contributed by atoms with E-state index in [1.165, 1.54) is 18.2 Å². The van der Waals surface area contributed by atoms with Crippen molar-refractivity contribution >= 4 is 23.2 Å². The summed E-state index contributed by atoms with van der Waals surface area (Å²) in [5.41, 5.74) is -0.258. The van der Waals surface area contributed by atoms with Gasteiger partial charge in [-0.3, -0.25) is 9.59 Å². The molecule has 2 aromatic carbocycles. The van der Waals surface area contributed by atoms with Gasteiger partial charge in [-0.25, -0.2) is 4.68 Å². The van der Waals surface area contributed by atoms with E-state index < -0.39 is 17.6 Å². The standard InChI is InChI=1S/C21H20F3N5O2/c1-13(2)11-19(30)25-14-7-9-15(10-8-14)26-20(31)17-12-29(28-27-17)18-6-4-3-5-16(18)21(22,23)24/h3-10,12-13H,11H2,1-2H3,(H,25,30)(H,26,31). The summed E-state index contributed by atoms with van der Waals surface area (Å²) in [6.45, 7) is 3.88. The van der Waals surface area contributed by atoms with E-state index in [-0.39, 0.29) is 23.2 Å². The molecule has 0 aliphatic heterocycles. The SMILES string of the molecule is CC(C)CC(=O)Nc1ccc(NC(=O)c2cn(-c3ccccc3C(F)(F)F)nn2)cc1. The van der Waals surface area contributed by atoms with E-state index in [0.29, 0.717) is 17.8 Å². The Morgan fingerprint density at radius 1 is 1.00 bits per heavy atom. The van der Waals surface area contributed by atoms with Crippen LogP contribution in [0.15, 0.2) is 54.7 Å². The maximum absolute atomic E-state index is 13.2. The first-order chi connectivity index (χ1) is 14.6. The molecule has 162 valence electrons. The Hall–Kier alpha value is -3.69. The van der Waals surface area contributed by atoms with Crippen molar-refractivity contribution < 1.29 is 22.8 Å². The first-order valence-electron chi connectivity index (χ1n) is 9.43. The lowest BCUT2D eigenvalue weighted by atomic mass is 10.1. The molecule has 1 heterocycles. The lowest BCUT2D eigenvalue weighted by Gasteiger charge is -2.11. The van der Waals surface area contributed by atoms with Gasteiger partial charge in [0, 0.05) is 17.8 Å². The van der Waals surface area contributed by atoms with E-state index in [4.69, 9.17) is 0 Å². The second-order valence-corrected chi connectivity index (χ2v) is 7.24. The predicted octanol–water partition coefficient (Wildman–Crippen LogP) is 4.52. The second-order valence-electron chi connectivity index (χ2n) is 7.24. The van der Waals surface area contributed by atoms with Crippen molar-refractivity contribution in [1.82, 2.24) is 15.0 Å². The first-order valence-corrected chi connectivity index (χ1v) is 9.43. The smallest absolute Gasteiger partial charge is 0.326 e. The highest BCUT2D eigenvalue weighted by Crippen LogP contribution is 2.33. The molecule has 0 aliphatic carbocycles. The van der Waals surface area contributed by atoms with E-state index >= 15 is 0 Å². The van der Waals surface area contributed by atoms with E-state index in [1.807, 2.05) is 13.8 Å². The van der Waals surface area contributed by atoms with Gasteiger partial charge in [0.25, 0.3) is 5.91 Å². The quantitative estimate of drug-likeness (QED) is 0.601. The highest BCUT2D eigenvalue weighted by Gasteiger charge is 2.34. The molecule has 0 radical (unpaired) electrons. The van der Waals surface area contributed by atoms with Crippen molar-refractivity contribution in [3.63, 3.8) is 0 Å². The molecule has 0 saturated heterocycles. The minimum atomic E-state index is -4.57. The Bertz CT molecular complexity index is 1080. The molecule has 0 unspecified atom stereocenters.